The minimum absolute atomic E-state index is 0.184. The Morgan fingerprint density at radius 3 is 2.58 bits per heavy atom. The van der Waals surface area contributed by atoms with Gasteiger partial charge in [-0.1, -0.05) is 49.8 Å². The summed E-state index contributed by atoms with van der Waals surface area (Å²) in [5.74, 6) is 0.885. The summed E-state index contributed by atoms with van der Waals surface area (Å²) in [4.78, 5) is 12.5. The van der Waals surface area contributed by atoms with E-state index in [-0.39, 0.29) is 11.8 Å². The van der Waals surface area contributed by atoms with Gasteiger partial charge in [0.15, 0.2) is 0 Å². The fourth-order valence-corrected chi connectivity index (χ4v) is 2.78. The molecule has 3 nitrogen and oxygen atoms in total. The van der Waals surface area contributed by atoms with E-state index in [1.54, 1.807) is 0 Å². The molecule has 1 aromatic rings. The highest BCUT2D eigenvalue weighted by molar-refractivity contribution is 7.80. The number of amides is 1. The number of nitrogens with two attached hydrogens (primary N) is 1. The van der Waals surface area contributed by atoms with Crippen LogP contribution in [-0.4, -0.2) is 10.9 Å². The molecule has 4 heteroatoms. The third-order valence-corrected chi connectivity index (χ3v) is 4.14. The first-order chi connectivity index (χ1) is 9.08. The Bertz CT molecular complexity index is 470. The highest BCUT2D eigenvalue weighted by atomic mass is 32.1. The third-order valence-electron chi connectivity index (χ3n) is 3.90. The minimum atomic E-state index is 0.184. The maximum absolute atomic E-state index is 12.1. The van der Waals surface area contributed by atoms with E-state index in [1.807, 2.05) is 24.3 Å². The van der Waals surface area contributed by atoms with Crippen molar-refractivity contribution < 1.29 is 4.79 Å². The van der Waals surface area contributed by atoms with E-state index in [0.29, 0.717) is 17.5 Å². The fraction of sp³-hybridized carbons (Fsp3) is 0.467. The molecule has 2 unspecified atom stereocenters. The Kier molecular flexibility index (Phi) is 4.53. The molecule has 1 aromatic carbocycles. The van der Waals surface area contributed by atoms with Gasteiger partial charge in [-0.2, -0.15) is 0 Å². The Morgan fingerprint density at radius 2 is 2.05 bits per heavy atom. The molecule has 0 spiro atoms. The second-order valence-corrected chi connectivity index (χ2v) is 5.73. The van der Waals surface area contributed by atoms with Crippen LogP contribution in [0.25, 0.3) is 0 Å². The van der Waals surface area contributed by atoms with Crippen molar-refractivity contribution in [1.82, 2.24) is 5.32 Å². The molecule has 1 aliphatic rings. The van der Waals surface area contributed by atoms with E-state index < -0.39 is 0 Å². The lowest BCUT2D eigenvalue weighted by Crippen LogP contribution is -2.31. The molecule has 19 heavy (non-hydrogen) atoms. The third kappa shape index (κ3) is 3.53. The number of carbonyl (C=O) groups is 1. The predicted octanol–water partition coefficient (Wildman–Crippen LogP) is 2.37. The van der Waals surface area contributed by atoms with Gasteiger partial charge in [-0.25, -0.2) is 0 Å². The van der Waals surface area contributed by atoms with Crippen LogP contribution in [0.15, 0.2) is 24.3 Å². The van der Waals surface area contributed by atoms with Crippen molar-refractivity contribution in [3.8, 4) is 0 Å². The average molecular weight is 276 g/mol. The number of hydrogen-bond donors (Lipinski definition) is 2. The van der Waals surface area contributed by atoms with Gasteiger partial charge < -0.3 is 11.1 Å². The molecular formula is C15H20N2OS. The molecule has 0 heterocycles. The molecule has 1 aliphatic carbocycles. The maximum Gasteiger partial charge on any atom is 0.223 e. The summed E-state index contributed by atoms with van der Waals surface area (Å²) in [6.45, 7) is 2.73. The van der Waals surface area contributed by atoms with Crippen molar-refractivity contribution in [2.24, 2.45) is 17.6 Å². The minimum Gasteiger partial charge on any atom is -0.389 e. The summed E-state index contributed by atoms with van der Waals surface area (Å²) in [5, 5.41) is 3.02. The second-order valence-electron chi connectivity index (χ2n) is 5.29. The Morgan fingerprint density at radius 1 is 1.37 bits per heavy atom. The average Bonchev–Trinajstić information content (AvgIpc) is 2.83. The molecule has 0 bridgehead atoms. The molecule has 1 amide bonds. The van der Waals surface area contributed by atoms with E-state index in [2.05, 4.69) is 12.2 Å². The van der Waals surface area contributed by atoms with E-state index >= 15 is 0 Å². The van der Waals surface area contributed by atoms with Crippen molar-refractivity contribution in [1.29, 1.82) is 0 Å². The van der Waals surface area contributed by atoms with Crippen molar-refractivity contribution in [3.05, 3.63) is 35.4 Å². The van der Waals surface area contributed by atoms with Crippen LogP contribution in [0.2, 0.25) is 0 Å². The second kappa shape index (κ2) is 6.15. The van der Waals surface area contributed by atoms with Gasteiger partial charge >= 0.3 is 0 Å². The van der Waals surface area contributed by atoms with E-state index in [1.165, 1.54) is 12.8 Å². The van der Waals surface area contributed by atoms with Crippen LogP contribution in [-0.2, 0) is 11.3 Å². The van der Waals surface area contributed by atoms with Crippen molar-refractivity contribution >= 4 is 23.1 Å². The molecule has 1 saturated carbocycles. The molecule has 0 aromatic heterocycles. The van der Waals surface area contributed by atoms with E-state index in [4.69, 9.17) is 18.0 Å². The molecule has 3 N–H and O–H groups in total. The van der Waals surface area contributed by atoms with Gasteiger partial charge in [0.1, 0.15) is 4.99 Å². The van der Waals surface area contributed by atoms with Gasteiger partial charge in [-0.15, -0.1) is 0 Å². The largest absolute Gasteiger partial charge is 0.389 e. The molecule has 0 aliphatic heterocycles. The van der Waals surface area contributed by atoms with Crippen molar-refractivity contribution in [2.45, 2.75) is 32.7 Å². The number of thiocarbonyl (C=S) groups is 1. The van der Waals surface area contributed by atoms with Gasteiger partial charge in [0.2, 0.25) is 5.91 Å². The smallest absolute Gasteiger partial charge is 0.223 e. The first-order valence-electron chi connectivity index (χ1n) is 6.74. The zero-order chi connectivity index (χ0) is 13.8. The quantitative estimate of drug-likeness (QED) is 0.830. The van der Waals surface area contributed by atoms with Gasteiger partial charge in [-0.3, -0.25) is 4.79 Å². The molecule has 102 valence electrons. The first-order valence-corrected chi connectivity index (χ1v) is 7.15. The van der Waals surface area contributed by atoms with Gasteiger partial charge in [0.25, 0.3) is 0 Å². The van der Waals surface area contributed by atoms with Gasteiger partial charge in [-0.05, 0) is 24.3 Å². The van der Waals surface area contributed by atoms with Crippen LogP contribution < -0.4 is 11.1 Å². The highest BCUT2D eigenvalue weighted by Crippen LogP contribution is 2.31. The lowest BCUT2D eigenvalue weighted by atomic mass is 9.97. The summed E-state index contributed by atoms with van der Waals surface area (Å²) < 4.78 is 0. The topological polar surface area (TPSA) is 55.1 Å². The molecule has 1 fully saturated rings. The Hall–Kier alpha value is -1.42. The van der Waals surface area contributed by atoms with E-state index in [0.717, 1.165) is 17.5 Å². The van der Waals surface area contributed by atoms with Crippen LogP contribution in [0.4, 0.5) is 0 Å². The van der Waals surface area contributed by atoms with Crippen LogP contribution >= 0.6 is 12.2 Å². The Balaban J connectivity index is 1.88. The van der Waals surface area contributed by atoms with Gasteiger partial charge in [0.05, 0.1) is 0 Å². The van der Waals surface area contributed by atoms with Crippen molar-refractivity contribution in [3.63, 3.8) is 0 Å². The lowest BCUT2D eigenvalue weighted by molar-refractivity contribution is -0.126. The Labute approximate surface area is 119 Å². The highest BCUT2D eigenvalue weighted by Gasteiger charge is 2.29. The lowest BCUT2D eigenvalue weighted by Gasteiger charge is -2.15. The first kappa shape index (κ1) is 14.0. The number of rotatable bonds is 4. The van der Waals surface area contributed by atoms with Crippen LogP contribution in [0.1, 0.15) is 37.3 Å². The number of hydrogen-bond acceptors (Lipinski definition) is 2. The van der Waals surface area contributed by atoms with Crippen LogP contribution in [0.5, 0.6) is 0 Å². The predicted molar refractivity (Wildman–Crippen MR) is 80.7 cm³/mol. The molecular weight excluding hydrogens is 256 g/mol. The standard InChI is InChI=1S/C15H20N2OS/c1-10-3-2-4-13(10)15(18)17-9-11-5-7-12(8-6-11)14(16)19/h5-8,10,13H,2-4,9H2,1H3,(H2,16,19)(H,17,18). The molecule has 0 radical (unpaired) electrons. The summed E-state index contributed by atoms with van der Waals surface area (Å²) in [7, 11) is 0. The number of nitrogens with one attached hydrogen (secondary N) is 1. The summed E-state index contributed by atoms with van der Waals surface area (Å²) >= 11 is 4.91. The number of benzene rings is 1. The molecule has 2 rings (SSSR count). The zero-order valence-electron chi connectivity index (χ0n) is 11.2. The van der Waals surface area contributed by atoms with Crippen LogP contribution in [0.3, 0.4) is 0 Å². The SMILES string of the molecule is CC1CCCC1C(=O)NCc1ccc(C(N)=S)cc1. The monoisotopic (exact) mass is 276 g/mol. The zero-order valence-corrected chi connectivity index (χ0v) is 12.0. The van der Waals surface area contributed by atoms with E-state index in [9.17, 15) is 4.79 Å². The van der Waals surface area contributed by atoms with Crippen molar-refractivity contribution in [2.75, 3.05) is 0 Å². The fourth-order valence-electron chi connectivity index (χ4n) is 2.64. The molecule has 0 saturated heterocycles. The number of carbonyl (C=O) groups excluding carboxylic acids is 1. The maximum atomic E-state index is 12.1. The van der Waals surface area contributed by atoms with Gasteiger partial charge in [0, 0.05) is 18.0 Å². The normalized spacial score (nSPS) is 22.2. The van der Waals surface area contributed by atoms with Crippen LogP contribution in [0, 0.1) is 11.8 Å². The molecule has 2 atom stereocenters. The summed E-state index contributed by atoms with van der Waals surface area (Å²) in [6, 6.07) is 7.68. The summed E-state index contributed by atoms with van der Waals surface area (Å²) in [6.07, 6.45) is 3.36. The summed E-state index contributed by atoms with van der Waals surface area (Å²) in [5.41, 5.74) is 7.47.